The molecule has 4 atom stereocenters. The van der Waals surface area contributed by atoms with Gasteiger partial charge in [-0.2, -0.15) is 0 Å². The summed E-state index contributed by atoms with van der Waals surface area (Å²) in [6.07, 6.45) is 0.910. The number of rotatable bonds is 2. The molecule has 0 radical (unpaired) electrons. The van der Waals surface area contributed by atoms with Crippen molar-refractivity contribution < 1.29 is 38.7 Å². The number of methoxy groups -OCH3 is 2. The first-order chi connectivity index (χ1) is 13.3. The van der Waals surface area contributed by atoms with Crippen LogP contribution in [0.5, 0.6) is 17.2 Å². The first kappa shape index (κ1) is 20.2. The second-order valence-corrected chi connectivity index (χ2v) is 6.92. The number of Topliss-reactive ketones (excluding diaryl/α,β-unsaturated/α-hetero) is 1. The zero-order valence-corrected chi connectivity index (χ0v) is 16.0. The van der Waals surface area contributed by atoms with Crippen LogP contribution in [0.3, 0.4) is 0 Å². The molecule has 0 amide bonds. The highest BCUT2D eigenvalue weighted by Gasteiger charge is 2.37. The summed E-state index contributed by atoms with van der Waals surface area (Å²) in [6.45, 7) is 1.69. The van der Waals surface area contributed by atoms with Crippen molar-refractivity contribution in [3.8, 4) is 17.2 Å². The molecule has 1 saturated heterocycles. The first-order valence-electron chi connectivity index (χ1n) is 9.07. The quantitative estimate of drug-likeness (QED) is 0.734. The van der Waals surface area contributed by atoms with E-state index in [9.17, 15) is 19.8 Å². The third-order valence-corrected chi connectivity index (χ3v) is 4.92. The second-order valence-electron chi connectivity index (χ2n) is 6.92. The van der Waals surface area contributed by atoms with Gasteiger partial charge < -0.3 is 29.2 Å². The Morgan fingerprint density at radius 3 is 2.64 bits per heavy atom. The van der Waals surface area contributed by atoms with Gasteiger partial charge in [0.2, 0.25) is 0 Å². The van der Waals surface area contributed by atoms with Gasteiger partial charge in [-0.3, -0.25) is 4.79 Å². The number of carbonyl (C=O) groups excluding carboxylic acids is 2. The van der Waals surface area contributed by atoms with Crippen LogP contribution in [0, 0.1) is 0 Å². The molecule has 152 valence electrons. The number of ether oxygens (including phenoxy) is 4. The number of hydrogen-bond donors (Lipinski definition) is 2. The predicted octanol–water partition coefficient (Wildman–Crippen LogP) is 1.85. The predicted molar refractivity (Wildman–Crippen MR) is 98.6 cm³/mol. The lowest BCUT2D eigenvalue weighted by molar-refractivity contribution is -0.159. The highest BCUT2D eigenvalue weighted by atomic mass is 16.6. The van der Waals surface area contributed by atoms with Crippen molar-refractivity contribution in [2.75, 3.05) is 14.2 Å². The van der Waals surface area contributed by atoms with E-state index >= 15 is 0 Å². The van der Waals surface area contributed by atoms with Crippen LogP contribution in [0.15, 0.2) is 12.1 Å². The largest absolute Gasteiger partial charge is 0.507 e. The van der Waals surface area contributed by atoms with Crippen molar-refractivity contribution in [2.24, 2.45) is 0 Å². The molecule has 4 unspecified atom stereocenters. The summed E-state index contributed by atoms with van der Waals surface area (Å²) in [5, 5.41) is 20.6. The molecule has 28 heavy (non-hydrogen) atoms. The van der Waals surface area contributed by atoms with Crippen molar-refractivity contribution in [3.05, 3.63) is 23.3 Å². The lowest BCUT2D eigenvalue weighted by Crippen LogP contribution is -2.46. The van der Waals surface area contributed by atoms with Gasteiger partial charge in [0.25, 0.3) is 0 Å². The van der Waals surface area contributed by atoms with Crippen LogP contribution in [0.4, 0.5) is 0 Å². The number of carbonyl (C=O) groups is 2. The minimum atomic E-state index is -1.21. The monoisotopic (exact) mass is 392 g/mol. The Morgan fingerprint density at radius 1 is 1.21 bits per heavy atom. The molecule has 1 aromatic carbocycles. The smallest absolute Gasteiger partial charge is 0.342 e. The average molecular weight is 392 g/mol. The summed E-state index contributed by atoms with van der Waals surface area (Å²) in [4.78, 5) is 24.8. The summed E-state index contributed by atoms with van der Waals surface area (Å²) in [5.41, 5.74) is 0.245. The number of aliphatic hydroxyl groups is 1. The normalized spacial score (nSPS) is 27.9. The first-order valence-corrected chi connectivity index (χ1v) is 9.07. The highest BCUT2D eigenvalue weighted by molar-refractivity contribution is 5.98. The van der Waals surface area contributed by atoms with E-state index in [1.165, 1.54) is 20.3 Å². The molecule has 8 heteroatoms. The number of fused-ring (bicyclic) bond motifs is 3. The fourth-order valence-corrected chi connectivity index (χ4v) is 3.61. The third kappa shape index (κ3) is 3.83. The van der Waals surface area contributed by atoms with E-state index < -0.39 is 30.4 Å². The number of phenols is 1. The number of aliphatic hydroxyl groups excluding tert-OH is 1. The number of cyclic esters (lactones) is 1. The SMILES string of the molecule is COc1cc(O)c2c(c1OC)C=CCC1OC(CC(=O)C1O)CC(C)OC2=O. The van der Waals surface area contributed by atoms with E-state index in [2.05, 4.69) is 0 Å². The van der Waals surface area contributed by atoms with Crippen LogP contribution in [0.25, 0.3) is 6.08 Å². The Labute approximate surface area is 162 Å². The number of esters is 1. The lowest BCUT2D eigenvalue weighted by atomic mass is 9.94. The molecular weight excluding hydrogens is 368 g/mol. The minimum absolute atomic E-state index is 0.0379. The fourth-order valence-electron chi connectivity index (χ4n) is 3.61. The molecule has 2 heterocycles. The number of hydrogen-bond acceptors (Lipinski definition) is 8. The number of phenolic OH excluding ortho intramolecular Hbond substituents is 1. The number of benzene rings is 1. The van der Waals surface area contributed by atoms with Gasteiger partial charge in [0.15, 0.2) is 17.3 Å². The molecule has 2 N–H and O–H groups in total. The van der Waals surface area contributed by atoms with Gasteiger partial charge in [-0.05, 0) is 13.3 Å². The summed E-state index contributed by atoms with van der Waals surface area (Å²) in [7, 11) is 2.84. The van der Waals surface area contributed by atoms with Crippen LogP contribution in [0.1, 0.15) is 42.1 Å². The van der Waals surface area contributed by atoms with E-state index in [4.69, 9.17) is 18.9 Å². The standard InChI is InChI=1S/C20H24O8/c1-10-7-11-8-14(22)18(23)15(28-11)6-4-5-12-17(20(24)27-10)13(21)9-16(25-2)19(12)26-3/h4-5,9-11,15,18,21,23H,6-8H2,1-3H3. The molecule has 0 aromatic heterocycles. The Hall–Kier alpha value is -2.58. The van der Waals surface area contributed by atoms with Gasteiger partial charge in [0, 0.05) is 24.5 Å². The molecule has 3 rings (SSSR count). The van der Waals surface area contributed by atoms with Gasteiger partial charge in [-0.1, -0.05) is 12.2 Å². The molecule has 0 spiro atoms. The zero-order valence-electron chi connectivity index (χ0n) is 16.0. The maximum absolute atomic E-state index is 12.7. The highest BCUT2D eigenvalue weighted by Crippen LogP contribution is 2.41. The lowest BCUT2D eigenvalue weighted by Gasteiger charge is -2.33. The van der Waals surface area contributed by atoms with Gasteiger partial charge in [-0.15, -0.1) is 0 Å². The van der Waals surface area contributed by atoms with Crippen molar-refractivity contribution in [2.45, 2.75) is 50.6 Å². The maximum atomic E-state index is 12.7. The van der Waals surface area contributed by atoms with Gasteiger partial charge in [0.1, 0.15) is 23.5 Å². The van der Waals surface area contributed by atoms with Crippen LogP contribution < -0.4 is 9.47 Å². The summed E-state index contributed by atoms with van der Waals surface area (Å²) < 4.78 is 21.9. The van der Waals surface area contributed by atoms with Gasteiger partial charge in [0.05, 0.1) is 26.4 Å². The molecule has 2 bridgehead atoms. The molecule has 0 saturated carbocycles. The molecule has 1 aromatic rings. The Kier molecular flexibility index (Phi) is 5.90. The summed E-state index contributed by atoms with van der Waals surface area (Å²) in [6, 6.07) is 1.30. The van der Waals surface area contributed by atoms with E-state index in [1.807, 2.05) is 0 Å². The zero-order chi connectivity index (χ0) is 20.4. The molecule has 8 nitrogen and oxygen atoms in total. The minimum Gasteiger partial charge on any atom is -0.507 e. The Bertz CT molecular complexity index is 800. The number of ketones is 1. The van der Waals surface area contributed by atoms with Crippen molar-refractivity contribution in [3.63, 3.8) is 0 Å². The van der Waals surface area contributed by atoms with Gasteiger partial charge >= 0.3 is 5.97 Å². The van der Waals surface area contributed by atoms with Crippen LogP contribution in [0.2, 0.25) is 0 Å². The molecule has 1 fully saturated rings. The molecular formula is C20H24O8. The van der Waals surface area contributed by atoms with Crippen molar-refractivity contribution in [1.82, 2.24) is 0 Å². The molecule has 0 aliphatic carbocycles. The fraction of sp³-hybridized carbons (Fsp3) is 0.500. The van der Waals surface area contributed by atoms with Crippen LogP contribution in [-0.2, 0) is 14.3 Å². The summed E-state index contributed by atoms with van der Waals surface area (Å²) in [5.74, 6) is -0.793. The van der Waals surface area contributed by atoms with Crippen molar-refractivity contribution >= 4 is 17.8 Å². The average Bonchev–Trinajstić information content (AvgIpc) is 2.63. The van der Waals surface area contributed by atoms with Crippen molar-refractivity contribution in [1.29, 1.82) is 0 Å². The maximum Gasteiger partial charge on any atom is 0.342 e. The Balaban J connectivity index is 2.09. The van der Waals surface area contributed by atoms with E-state index in [0.717, 1.165) is 0 Å². The van der Waals surface area contributed by atoms with Crippen LogP contribution >= 0.6 is 0 Å². The molecule has 2 aliphatic rings. The number of aromatic hydroxyl groups is 1. The van der Waals surface area contributed by atoms with Crippen LogP contribution in [-0.4, -0.2) is 60.6 Å². The van der Waals surface area contributed by atoms with E-state index in [0.29, 0.717) is 6.42 Å². The van der Waals surface area contributed by atoms with Gasteiger partial charge in [-0.25, -0.2) is 4.79 Å². The Morgan fingerprint density at radius 2 is 1.96 bits per heavy atom. The van der Waals surface area contributed by atoms with E-state index in [-0.39, 0.29) is 47.0 Å². The summed E-state index contributed by atoms with van der Waals surface area (Å²) >= 11 is 0. The third-order valence-electron chi connectivity index (χ3n) is 4.92. The van der Waals surface area contributed by atoms with E-state index in [1.54, 1.807) is 19.1 Å². The molecule has 2 aliphatic heterocycles. The topological polar surface area (TPSA) is 112 Å². The second kappa shape index (κ2) is 8.20.